The molecule has 1 fully saturated rings. The molecule has 0 saturated carbocycles. The van der Waals surface area contributed by atoms with Gasteiger partial charge in [-0.2, -0.15) is 0 Å². The van der Waals surface area contributed by atoms with Crippen molar-refractivity contribution in [3.63, 3.8) is 0 Å². The molecule has 1 N–H and O–H groups in total. The Hall–Kier alpha value is -0.770. The first-order chi connectivity index (χ1) is 9.27. The summed E-state index contributed by atoms with van der Waals surface area (Å²) in [5.74, 6) is 0. The predicted octanol–water partition coefficient (Wildman–Crippen LogP) is 3.80. The lowest BCUT2D eigenvalue weighted by atomic mass is 9.81. The first kappa shape index (κ1) is 18.3. The monoisotopic (exact) mass is 298 g/mol. The van der Waals surface area contributed by atoms with Crippen LogP contribution < -0.4 is 5.32 Å². The first-order valence-electron chi connectivity index (χ1n) is 8.03. The third-order valence-electron chi connectivity index (χ3n) is 3.41. The van der Waals surface area contributed by atoms with Gasteiger partial charge in [-0.15, -0.1) is 0 Å². The highest BCUT2D eigenvalue weighted by molar-refractivity contribution is 5.68. The van der Waals surface area contributed by atoms with Gasteiger partial charge in [0.1, 0.15) is 5.60 Å². The molecule has 1 saturated heterocycles. The van der Waals surface area contributed by atoms with E-state index in [1.807, 2.05) is 25.7 Å². The van der Waals surface area contributed by atoms with E-state index in [9.17, 15) is 4.79 Å². The fourth-order valence-electron chi connectivity index (χ4n) is 3.30. The second kappa shape index (κ2) is 6.15. The highest BCUT2D eigenvalue weighted by Gasteiger charge is 2.34. The molecule has 0 spiro atoms. The minimum atomic E-state index is -0.423. The number of nitrogens with one attached hydrogen (secondary N) is 1. The molecule has 0 aromatic heterocycles. The van der Waals surface area contributed by atoms with Crippen molar-refractivity contribution in [3.8, 4) is 0 Å². The van der Waals surface area contributed by atoms with Gasteiger partial charge in [-0.3, -0.25) is 0 Å². The third-order valence-corrected chi connectivity index (χ3v) is 3.41. The Morgan fingerprint density at radius 3 is 2.19 bits per heavy atom. The predicted molar refractivity (Wildman–Crippen MR) is 87.5 cm³/mol. The first-order valence-corrected chi connectivity index (χ1v) is 8.03. The van der Waals surface area contributed by atoms with Gasteiger partial charge in [0.05, 0.1) is 0 Å². The van der Waals surface area contributed by atoms with Crippen LogP contribution in [-0.4, -0.2) is 41.3 Å². The smallest absolute Gasteiger partial charge is 0.410 e. The molecule has 1 atom stereocenters. The zero-order valence-electron chi connectivity index (χ0n) is 15.2. The summed E-state index contributed by atoms with van der Waals surface area (Å²) in [6.07, 6.45) is 1.90. The van der Waals surface area contributed by atoms with E-state index in [4.69, 9.17) is 4.74 Å². The molecule has 0 aromatic carbocycles. The number of nitrogens with zero attached hydrogens (tertiary/aromatic N) is 1. The molecule has 1 aliphatic heterocycles. The Labute approximate surface area is 130 Å². The Balaban J connectivity index is 2.50. The van der Waals surface area contributed by atoms with Gasteiger partial charge < -0.3 is 15.0 Å². The molecule has 21 heavy (non-hydrogen) atoms. The average molecular weight is 298 g/mol. The van der Waals surface area contributed by atoms with Crippen LogP contribution >= 0.6 is 0 Å². The van der Waals surface area contributed by atoms with Crippen LogP contribution in [0.2, 0.25) is 0 Å². The van der Waals surface area contributed by atoms with Crippen LogP contribution in [0, 0.1) is 5.41 Å². The molecule has 4 heteroatoms. The second-order valence-corrected chi connectivity index (χ2v) is 9.18. The summed E-state index contributed by atoms with van der Waals surface area (Å²) in [6, 6.07) is 0.356. The summed E-state index contributed by atoms with van der Waals surface area (Å²) in [6.45, 7) is 18.5. The highest BCUT2D eigenvalue weighted by atomic mass is 16.6. The molecule has 1 unspecified atom stereocenters. The second-order valence-electron chi connectivity index (χ2n) is 9.18. The van der Waals surface area contributed by atoms with Crippen molar-refractivity contribution in [2.75, 3.05) is 13.1 Å². The summed E-state index contributed by atoms with van der Waals surface area (Å²) >= 11 is 0. The minimum absolute atomic E-state index is 0.0762. The largest absolute Gasteiger partial charge is 0.444 e. The van der Waals surface area contributed by atoms with E-state index in [1.54, 1.807) is 0 Å². The Bertz CT molecular complexity index is 364. The Morgan fingerprint density at radius 2 is 1.71 bits per heavy atom. The molecule has 0 radical (unpaired) electrons. The fourth-order valence-corrected chi connectivity index (χ4v) is 3.30. The van der Waals surface area contributed by atoms with Crippen molar-refractivity contribution in [1.29, 1.82) is 0 Å². The number of rotatable bonds is 3. The minimum Gasteiger partial charge on any atom is -0.444 e. The molecular weight excluding hydrogens is 264 g/mol. The maximum atomic E-state index is 12.1. The van der Waals surface area contributed by atoms with Gasteiger partial charge in [-0.1, -0.05) is 20.8 Å². The van der Waals surface area contributed by atoms with Crippen LogP contribution in [0.3, 0.4) is 0 Å². The Morgan fingerprint density at radius 1 is 1.14 bits per heavy atom. The van der Waals surface area contributed by atoms with Gasteiger partial charge in [-0.25, -0.2) is 4.79 Å². The van der Waals surface area contributed by atoms with Crippen molar-refractivity contribution in [2.24, 2.45) is 5.41 Å². The highest BCUT2D eigenvalue weighted by Crippen LogP contribution is 2.28. The fraction of sp³-hybridized carbons (Fsp3) is 0.941. The molecule has 124 valence electrons. The molecule has 1 amide bonds. The number of hydrogen-bond acceptors (Lipinski definition) is 3. The molecule has 1 heterocycles. The molecule has 0 bridgehead atoms. The van der Waals surface area contributed by atoms with Crippen molar-refractivity contribution in [3.05, 3.63) is 0 Å². The summed E-state index contributed by atoms with van der Waals surface area (Å²) in [5, 5.41) is 3.71. The van der Waals surface area contributed by atoms with E-state index >= 15 is 0 Å². The number of carbonyl (C=O) groups is 1. The summed E-state index contributed by atoms with van der Waals surface area (Å²) in [4.78, 5) is 13.9. The van der Waals surface area contributed by atoms with Crippen molar-refractivity contribution in [1.82, 2.24) is 10.2 Å². The van der Waals surface area contributed by atoms with E-state index in [0.717, 1.165) is 25.9 Å². The number of amides is 1. The Kier molecular flexibility index (Phi) is 5.36. The lowest BCUT2D eigenvalue weighted by Gasteiger charge is -2.36. The maximum Gasteiger partial charge on any atom is 0.410 e. The third kappa shape index (κ3) is 7.16. The van der Waals surface area contributed by atoms with Crippen molar-refractivity contribution >= 4 is 6.09 Å². The van der Waals surface area contributed by atoms with Crippen molar-refractivity contribution < 1.29 is 9.53 Å². The zero-order valence-corrected chi connectivity index (χ0v) is 15.2. The molecule has 0 aliphatic carbocycles. The normalized spacial score (nSPS) is 20.8. The number of ether oxygens (including phenoxy) is 1. The maximum absolute atomic E-state index is 12.1. The van der Waals surface area contributed by atoms with Crippen molar-refractivity contribution in [2.45, 2.75) is 85.4 Å². The quantitative estimate of drug-likeness (QED) is 0.861. The van der Waals surface area contributed by atoms with Gasteiger partial charge in [0.15, 0.2) is 0 Å². The molecule has 4 nitrogen and oxygen atoms in total. The SMILES string of the molecule is CC(C)(C)CC(C)(C)NC1CCN(C(=O)OC(C)(C)C)C1. The standard InChI is InChI=1S/C17H34N2O2/c1-15(2,3)12-17(7,8)18-13-9-10-19(11-13)14(20)21-16(4,5)6/h13,18H,9-12H2,1-8H3. The number of likely N-dealkylation sites (tertiary alicyclic amines) is 1. The van der Waals surface area contributed by atoms with E-state index < -0.39 is 5.60 Å². The van der Waals surface area contributed by atoms with E-state index in [0.29, 0.717) is 11.5 Å². The van der Waals surface area contributed by atoms with Crippen LogP contribution in [0.5, 0.6) is 0 Å². The topological polar surface area (TPSA) is 41.6 Å². The molecule has 0 aromatic rings. The van der Waals surface area contributed by atoms with Crippen LogP contribution in [0.25, 0.3) is 0 Å². The van der Waals surface area contributed by atoms with Crippen LogP contribution in [0.4, 0.5) is 4.79 Å². The lowest BCUT2D eigenvalue weighted by Crippen LogP contribution is -2.49. The summed E-state index contributed by atoms with van der Waals surface area (Å²) < 4.78 is 5.44. The van der Waals surface area contributed by atoms with E-state index in [-0.39, 0.29) is 11.6 Å². The number of hydrogen-bond donors (Lipinski definition) is 1. The van der Waals surface area contributed by atoms with Gasteiger partial charge in [0, 0.05) is 24.7 Å². The average Bonchev–Trinajstić information content (AvgIpc) is 2.57. The zero-order chi connectivity index (χ0) is 16.5. The van der Waals surface area contributed by atoms with E-state index in [2.05, 4.69) is 39.9 Å². The van der Waals surface area contributed by atoms with Crippen LogP contribution in [-0.2, 0) is 4.74 Å². The van der Waals surface area contributed by atoms with Gasteiger partial charge >= 0.3 is 6.09 Å². The van der Waals surface area contributed by atoms with Crippen LogP contribution in [0.1, 0.15) is 68.2 Å². The molecule has 1 aliphatic rings. The number of carbonyl (C=O) groups excluding carboxylic acids is 1. The van der Waals surface area contributed by atoms with Gasteiger partial charge in [-0.05, 0) is 52.9 Å². The van der Waals surface area contributed by atoms with E-state index in [1.165, 1.54) is 0 Å². The molecular formula is C17H34N2O2. The van der Waals surface area contributed by atoms with Gasteiger partial charge in [0.25, 0.3) is 0 Å². The lowest BCUT2D eigenvalue weighted by molar-refractivity contribution is 0.0288. The van der Waals surface area contributed by atoms with Crippen LogP contribution in [0.15, 0.2) is 0 Å². The summed E-state index contributed by atoms with van der Waals surface area (Å²) in [5.41, 5.74) is -0.0546. The molecule has 1 rings (SSSR count). The van der Waals surface area contributed by atoms with Gasteiger partial charge in [0.2, 0.25) is 0 Å². The summed E-state index contributed by atoms with van der Waals surface area (Å²) in [7, 11) is 0.